The minimum absolute atomic E-state index is 0.198. The summed E-state index contributed by atoms with van der Waals surface area (Å²) in [5, 5.41) is 9.17. The summed E-state index contributed by atoms with van der Waals surface area (Å²) in [6.07, 6.45) is -1.97. The van der Waals surface area contributed by atoms with Gasteiger partial charge in [0.05, 0.1) is 11.5 Å². The molecule has 1 unspecified atom stereocenters. The van der Waals surface area contributed by atoms with E-state index < -0.39 is 29.4 Å². The summed E-state index contributed by atoms with van der Waals surface area (Å²) < 4.78 is 51.4. The Morgan fingerprint density at radius 3 is 2.50 bits per heavy atom. The molecule has 0 spiro atoms. The number of carboxylic acids is 1. The van der Waals surface area contributed by atoms with E-state index in [1.165, 1.54) is 6.07 Å². The Kier molecular flexibility index (Phi) is 7.66. The van der Waals surface area contributed by atoms with Crippen molar-refractivity contribution in [1.82, 2.24) is 4.90 Å². The fourth-order valence-electron chi connectivity index (χ4n) is 2.50. The minimum Gasteiger partial charge on any atom is -0.481 e. The van der Waals surface area contributed by atoms with Crippen LogP contribution in [-0.2, 0) is 17.5 Å². The normalized spacial score (nSPS) is 13.3. The summed E-state index contributed by atoms with van der Waals surface area (Å²) in [5.41, 5.74) is -0.939. The Morgan fingerprint density at radius 1 is 1.29 bits per heavy atom. The van der Waals surface area contributed by atoms with Crippen LogP contribution in [0.3, 0.4) is 0 Å². The third-order valence-electron chi connectivity index (χ3n) is 3.90. The number of hydrogen-bond donors (Lipinski definition) is 1. The molecule has 0 saturated carbocycles. The number of aliphatic carboxylic acids is 1. The SMILES string of the molecule is CCCCC(CCN(C)Cc1ccc(F)c(C(F)(F)F)c1)C(=O)O. The van der Waals surface area contributed by atoms with Crippen LogP contribution in [0.15, 0.2) is 18.2 Å². The summed E-state index contributed by atoms with van der Waals surface area (Å²) in [5.74, 6) is -2.59. The second-order valence-electron chi connectivity index (χ2n) is 6.02. The van der Waals surface area contributed by atoms with Crippen molar-refractivity contribution in [3.63, 3.8) is 0 Å². The lowest BCUT2D eigenvalue weighted by molar-refractivity contribution is -0.142. The number of unbranched alkanes of at least 4 members (excludes halogenated alkanes) is 1. The molecule has 0 amide bonds. The quantitative estimate of drug-likeness (QED) is 0.665. The van der Waals surface area contributed by atoms with E-state index in [4.69, 9.17) is 0 Å². The van der Waals surface area contributed by atoms with Gasteiger partial charge in [-0.05, 0) is 44.1 Å². The summed E-state index contributed by atoms with van der Waals surface area (Å²) in [6, 6.07) is 2.93. The minimum atomic E-state index is -4.73. The first kappa shape index (κ1) is 20.4. The number of nitrogens with zero attached hydrogens (tertiary/aromatic N) is 1. The van der Waals surface area contributed by atoms with Gasteiger partial charge in [-0.15, -0.1) is 0 Å². The Bertz CT molecular complexity index is 546. The van der Waals surface area contributed by atoms with Gasteiger partial charge in [-0.3, -0.25) is 4.79 Å². The van der Waals surface area contributed by atoms with Crippen molar-refractivity contribution in [3.8, 4) is 0 Å². The summed E-state index contributed by atoms with van der Waals surface area (Å²) in [6.45, 7) is 2.63. The van der Waals surface area contributed by atoms with Gasteiger partial charge >= 0.3 is 12.1 Å². The van der Waals surface area contributed by atoms with Crippen LogP contribution in [0.25, 0.3) is 0 Å². The van der Waals surface area contributed by atoms with Gasteiger partial charge in [0.2, 0.25) is 0 Å². The molecule has 0 aromatic heterocycles. The molecule has 0 aliphatic carbocycles. The molecule has 136 valence electrons. The zero-order valence-corrected chi connectivity index (χ0v) is 13.9. The standard InChI is InChI=1S/C17H23F4NO2/c1-3-4-5-13(16(23)24)8-9-22(2)11-12-6-7-15(18)14(10-12)17(19,20)21/h6-7,10,13H,3-5,8-9,11H2,1-2H3,(H,23,24). The van der Waals surface area contributed by atoms with E-state index in [1.807, 2.05) is 6.92 Å². The van der Waals surface area contributed by atoms with Crippen LogP contribution in [0.2, 0.25) is 0 Å². The van der Waals surface area contributed by atoms with E-state index in [2.05, 4.69) is 0 Å². The van der Waals surface area contributed by atoms with Crippen molar-refractivity contribution in [2.24, 2.45) is 5.92 Å². The third kappa shape index (κ3) is 6.47. The van der Waals surface area contributed by atoms with Crippen LogP contribution in [0.1, 0.15) is 43.7 Å². The maximum absolute atomic E-state index is 13.3. The van der Waals surface area contributed by atoms with Gasteiger partial charge in [0.25, 0.3) is 0 Å². The number of benzene rings is 1. The first-order chi connectivity index (χ1) is 11.1. The van der Waals surface area contributed by atoms with E-state index in [-0.39, 0.29) is 6.54 Å². The van der Waals surface area contributed by atoms with Gasteiger partial charge < -0.3 is 10.0 Å². The summed E-state index contributed by atoms with van der Waals surface area (Å²) in [4.78, 5) is 12.9. The molecule has 24 heavy (non-hydrogen) atoms. The maximum atomic E-state index is 13.3. The Morgan fingerprint density at radius 2 is 1.96 bits per heavy atom. The Balaban J connectivity index is 2.64. The number of rotatable bonds is 9. The lowest BCUT2D eigenvalue weighted by Gasteiger charge is -2.20. The van der Waals surface area contributed by atoms with Gasteiger partial charge in [-0.2, -0.15) is 13.2 Å². The molecule has 0 bridgehead atoms. The molecule has 3 nitrogen and oxygen atoms in total. The molecule has 0 saturated heterocycles. The highest BCUT2D eigenvalue weighted by atomic mass is 19.4. The first-order valence-corrected chi connectivity index (χ1v) is 7.92. The van der Waals surface area contributed by atoms with E-state index in [9.17, 15) is 27.5 Å². The highest BCUT2D eigenvalue weighted by molar-refractivity contribution is 5.69. The van der Waals surface area contributed by atoms with Gasteiger partial charge in [0.15, 0.2) is 0 Å². The van der Waals surface area contributed by atoms with Crippen molar-refractivity contribution in [2.45, 2.75) is 45.3 Å². The second kappa shape index (κ2) is 9.01. The van der Waals surface area contributed by atoms with Crippen molar-refractivity contribution in [2.75, 3.05) is 13.6 Å². The predicted octanol–water partition coefficient (Wildman–Crippen LogP) is 4.56. The van der Waals surface area contributed by atoms with Gasteiger partial charge in [0.1, 0.15) is 5.82 Å². The molecule has 1 N–H and O–H groups in total. The molecule has 0 aliphatic heterocycles. The summed E-state index contributed by atoms with van der Waals surface area (Å²) >= 11 is 0. The van der Waals surface area contributed by atoms with Crippen LogP contribution in [0, 0.1) is 11.7 Å². The molecular weight excluding hydrogens is 326 g/mol. The van der Waals surface area contributed by atoms with Crippen LogP contribution in [0.4, 0.5) is 17.6 Å². The van der Waals surface area contributed by atoms with Crippen molar-refractivity contribution in [1.29, 1.82) is 0 Å². The van der Waals surface area contributed by atoms with Crippen molar-refractivity contribution >= 4 is 5.97 Å². The lowest BCUT2D eigenvalue weighted by Crippen LogP contribution is -2.24. The van der Waals surface area contributed by atoms with E-state index >= 15 is 0 Å². The van der Waals surface area contributed by atoms with Crippen LogP contribution in [-0.4, -0.2) is 29.6 Å². The number of halogens is 4. The van der Waals surface area contributed by atoms with Gasteiger partial charge in [-0.1, -0.05) is 25.8 Å². The van der Waals surface area contributed by atoms with E-state index in [0.29, 0.717) is 24.9 Å². The molecule has 1 rings (SSSR count). The fourth-order valence-corrected chi connectivity index (χ4v) is 2.50. The highest BCUT2D eigenvalue weighted by Gasteiger charge is 2.34. The number of hydrogen-bond acceptors (Lipinski definition) is 2. The number of carboxylic acid groups (broad SMARTS) is 1. The van der Waals surface area contributed by atoms with Crippen molar-refractivity contribution in [3.05, 3.63) is 35.1 Å². The predicted molar refractivity (Wildman–Crippen MR) is 83.0 cm³/mol. The van der Waals surface area contributed by atoms with Crippen LogP contribution in [0.5, 0.6) is 0 Å². The molecular formula is C17H23F4NO2. The molecule has 1 atom stereocenters. The zero-order chi connectivity index (χ0) is 18.3. The highest BCUT2D eigenvalue weighted by Crippen LogP contribution is 2.32. The van der Waals surface area contributed by atoms with E-state index in [1.54, 1.807) is 11.9 Å². The molecule has 0 fully saturated rings. The smallest absolute Gasteiger partial charge is 0.419 e. The third-order valence-corrected chi connectivity index (χ3v) is 3.90. The number of carbonyl (C=O) groups is 1. The van der Waals surface area contributed by atoms with Gasteiger partial charge in [-0.25, -0.2) is 4.39 Å². The molecule has 7 heteroatoms. The Hall–Kier alpha value is -1.63. The van der Waals surface area contributed by atoms with Gasteiger partial charge in [0, 0.05) is 6.54 Å². The average molecular weight is 349 g/mol. The molecule has 0 heterocycles. The maximum Gasteiger partial charge on any atom is 0.419 e. The fraction of sp³-hybridized carbons (Fsp3) is 0.588. The topological polar surface area (TPSA) is 40.5 Å². The molecule has 1 aromatic rings. The first-order valence-electron chi connectivity index (χ1n) is 7.92. The zero-order valence-electron chi connectivity index (χ0n) is 13.9. The molecule has 0 radical (unpaired) electrons. The van der Waals surface area contributed by atoms with E-state index in [0.717, 1.165) is 25.0 Å². The molecule has 0 aliphatic rings. The largest absolute Gasteiger partial charge is 0.481 e. The number of alkyl halides is 3. The Labute approximate surface area is 139 Å². The average Bonchev–Trinajstić information content (AvgIpc) is 2.47. The molecule has 1 aromatic carbocycles. The van der Waals surface area contributed by atoms with Crippen LogP contribution >= 0.6 is 0 Å². The van der Waals surface area contributed by atoms with Crippen LogP contribution < -0.4 is 0 Å². The van der Waals surface area contributed by atoms with Crippen molar-refractivity contribution < 1.29 is 27.5 Å². The second-order valence-corrected chi connectivity index (χ2v) is 6.02. The summed E-state index contributed by atoms with van der Waals surface area (Å²) in [7, 11) is 1.70. The lowest BCUT2D eigenvalue weighted by atomic mass is 9.98. The monoisotopic (exact) mass is 349 g/mol.